The summed E-state index contributed by atoms with van der Waals surface area (Å²) in [4.78, 5) is 6.16. The molecule has 19 heavy (non-hydrogen) atoms. The topological polar surface area (TPSA) is 29.3 Å². The van der Waals surface area contributed by atoms with Gasteiger partial charge in [-0.3, -0.25) is 4.98 Å². The van der Waals surface area contributed by atoms with Crippen molar-refractivity contribution >= 4 is 32.6 Å². The number of fused-ring (bicyclic) bond motifs is 1. The lowest BCUT2D eigenvalue weighted by molar-refractivity contribution is 0.631. The third kappa shape index (κ3) is 2.12. The molecule has 0 aliphatic rings. The van der Waals surface area contributed by atoms with E-state index in [4.69, 9.17) is 4.42 Å². The van der Waals surface area contributed by atoms with Gasteiger partial charge in [-0.25, -0.2) is 0 Å². The Kier molecular flexibility index (Phi) is 3.03. The number of hydrogen-bond acceptors (Lipinski definition) is 3. The number of rotatable bonds is 2. The maximum atomic E-state index is 5.94. The quantitative estimate of drug-likeness (QED) is 0.705. The summed E-state index contributed by atoms with van der Waals surface area (Å²) in [6.45, 7) is 0. The molecule has 4 heteroatoms. The van der Waals surface area contributed by atoms with E-state index in [0.29, 0.717) is 0 Å². The Labute approximate surface area is 120 Å². The van der Waals surface area contributed by atoms with Crippen LogP contribution in [0.4, 0.5) is 5.69 Å². The van der Waals surface area contributed by atoms with E-state index < -0.39 is 0 Å². The highest BCUT2D eigenvalue weighted by atomic mass is 79.9. The van der Waals surface area contributed by atoms with Crippen LogP contribution in [-0.2, 0) is 0 Å². The summed E-state index contributed by atoms with van der Waals surface area (Å²) in [5.74, 6) is 0.846. The first kappa shape index (κ1) is 12.2. The first-order chi connectivity index (χ1) is 9.16. The molecule has 3 aromatic rings. The van der Waals surface area contributed by atoms with Gasteiger partial charge in [-0.2, -0.15) is 0 Å². The Morgan fingerprint density at radius 1 is 1.21 bits per heavy atom. The summed E-state index contributed by atoms with van der Waals surface area (Å²) in [5.41, 5.74) is 3.05. The molecule has 0 saturated heterocycles. The molecule has 0 N–H and O–H groups in total. The van der Waals surface area contributed by atoms with Crippen LogP contribution in [0, 0.1) is 0 Å². The van der Waals surface area contributed by atoms with E-state index in [9.17, 15) is 0 Å². The van der Waals surface area contributed by atoms with E-state index in [0.717, 1.165) is 32.5 Å². The Morgan fingerprint density at radius 3 is 2.79 bits per heavy atom. The molecule has 0 atom stereocenters. The molecule has 0 fully saturated rings. The molecule has 0 aliphatic heterocycles. The average molecular weight is 317 g/mol. The lowest BCUT2D eigenvalue weighted by Gasteiger charge is -2.12. The van der Waals surface area contributed by atoms with Crippen molar-refractivity contribution in [3.8, 4) is 11.3 Å². The molecule has 3 nitrogen and oxygen atoms in total. The van der Waals surface area contributed by atoms with Crippen LogP contribution < -0.4 is 4.90 Å². The van der Waals surface area contributed by atoms with Gasteiger partial charge in [0.2, 0.25) is 0 Å². The number of hydrogen-bond donors (Lipinski definition) is 0. The van der Waals surface area contributed by atoms with Crippen LogP contribution in [-0.4, -0.2) is 19.1 Å². The summed E-state index contributed by atoms with van der Waals surface area (Å²) in [7, 11) is 4.06. The van der Waals surface area contributed by atoms with Crippen molar-refractivity contribution in [1.82, 2.24) is 4.98 Å². The second kappa shape index (κ2) is 4.70. The first-order valence-electron chi connectivity index (χ1n) is 5.96. The largest absolute Gasteiger partial charge is 0.456 e. The highest BCUT2D eigenvalue weighted by molar-refractivity contribution is 9.10. The number of aromatic nitrogens is 1. The van der Waals surface area contributed by atoms with Crippen LogP contribution in [0.2, 0.25) is 0 Å². The maximum absolute atomic E-state index is 5.94. The normalized spacial score (nSPS) is 10.9. The third-order valence-corrected chi connectivity index (χ3v) is 3.69. The standard InChI is InChI=1S/C15H13BrN2O/c1-18(2)13-4-3-5-14-11(13)8-15(19-14)10-6-7-17-9-12(10)16/h3-9H,1-2H3. The monoisotopic (exact) mass is 316 g/mol. The van der Waals surface area contributed by atoms with Crippen LogP contribution in [0.1, 0.15) is 0 Å². The van der Waals surface area contributed by atoms with Gasteiger partial charge in [0.15, 0.2) is 0 Å². The molecule has 96 valence electrons. The molecule has 2 aromatic heterocycles. The first-order valence-corrected chi connectivity index (χ1v) is 6.76. The Hall–Kier alpha value is -1.81. The summed E-state index contributed by atoms with van der Waals surface area (Å²) in [5, 5.41) is 1.12. The molecule has 0 bridgehead atoms. The molecule has 0 amide bonds. The zero-order chi connectivity index (χ0) is 13.4. The van der Waals surface area contributed by atoms with Crippen molar-refractivity contribution in [2.45, 2.75) is 0 Å². The number of pyridine rings is 1. The molecule has 0 unspecified atom stereocenters. The summed E-state index contributed by atoms with van der Waals surface area (Å²) < 4.78 is 6.87. The lowest BCUT2D eigenvalue weighted by Crippen LogP contribution is -2.08. The van der Waals surface area contributed by atoms with Crippen molar-refractivity contribution in [3.63, 3.8) is 0 Å². The Bertz CT molecular complexity index is 734. The van der Waals surface area contributed by atoms with E-state index >= 15 is 0 Å². The minimum atomic E-state index is 0.846. The zero-order valence-electron chi connectivity index (χ0n) is 10.7. The van der Waals surface area contributed by atoms with Crippen molar-refractivity contribution in [2.75, 3.05) is 19.0 Å². The van der Waals surface area contributed by atoms with Gasteiger partial charge in [-0.15, -0.1) is 0 Å². The maximum Gasteiger partial charge on any atom is 0.136 e. The van der Waals surface area contributed by atoms with Gasteiger partial charge in [-0.1, -0.05) is 6.07 Å². The van der Waals surface area contributed by atoms with Gasteiger partial charge in [0.25, 0.3) is 0 Å². The minimum Gasteiger partial charge on any atom is -0.456 e. The van der Waals surface area contributed by atoms with Crippen LogP contribution in [0.3, 0.4) is 0 Å². The molecule has 1 aromatic carbocycles. The Morgan fingerprint density at radius 2 is 2.05 bits per heavy atom. The van der Waals surface area contributed by atoms with Gasteiger partial charge in [0.1, 0.15) is 11.3 Å². The fourth-order valence-electron chi connectivity index (χ4n) is 2.14. The predicted octanol–water partition coefficient (Wildman–Crippen LogP) is 4.32. The SMILES string of the molecule is CN(C)c1cccc2oc(-c3ccncc3Br)cc12. The average Bonchev–Trinajstić information content (AvgIpc) is 2.82. The van der Waals surface area contributed by atoms with E-state index in [1.165, 1.54) is 0 Å². The molecular formula is C15H13BrN2O. The van der Waals surface area contributed by atoms with Crippen LogP contribution in [0.5, 0.6) is 0 Å². The van der Waals surface area contributed by atoms with Gasteiger partial charge in [0.05, 0.1) is 0 Å². The zero-order valence-corrected chi connectivity index (χ0v) is 12.3. The molecule has 0 aliphatic carbocycles. The number of halogens is 1. The highest BCUT2D eigenvalue weighted by Gasteiger charge is 2.12. The lowest BCUT2D eigenvalue weighted by atomic mass is 10.1. The van der Waals surface area contributed by atoms with E-state index in [1.54, 1.807) is 12.4 Å². The second-order valence-corrected chi connectivity index (χ2v) is 5.40. The van der Waals surface area contributed by atoms with E-state index in [1.807, 2.05) is 32.3 Å². The Balaban J connectivity index is 2.23. The third-order valence-electron chi connectivity index (χ3n) is 3.06. The fourth-order valence-corrected chi connectivity index (χ4v) is 2.59. The molecular weight excluding hydrogens is 304 g/mol. The van der Waals surface area contributed by atoms with Crippen LogP contribution in [0.15, 0.2) is 51.6 Å². The summed E-state index contributed by atoms with van der Waals surface area (Å²) in [6, 6.07) is 10.1. The van der Waals surface area contributed by atoms with Gasteiger partial charge in [0, 0.05) is 47.6 Å². The smallest absolute Gasteiger partial charge is 0.136 e. The molecule has 0 spiro atoms. The van der Waals surface area contributed by atoms with Crippen LogP contribution >= 0.6 is 15.9 Å². The summed E-state index contributed by atoms with van der Waals surface area (Å²) in [6.07, 6.45) is 3.54. The van der Waals surface area contributed by atoms with Crippen molar-refractivity contribution < 1.29 is 4.42 Å². The molecule has 3 rings (SSSR count). The van der Waals surface area contributed by atoms with Gasteiger partial charge < -0.3 is 9.32 Å². The van der Waals surface area contributed by atoms with Crippen molar-refractivity contribution in [3.05, 3.63) is 47.2 Å². The highest BCUT2D eigenvalue weighted by Crippen LogP contribution is 2.35. The molecule has 0 saturated carbocycles. The summed E-state index contributed by atoms with van der Waals surface area (Å²) >= 11 is 3.50. The predicted molar refractivity (Wildman–Crippen MR) is 81.5 cm³/mol. The number of furan rings is 1. The van der Waals surface area contributed by atoms with Crippen molar-refractivity contribution in [1.29, 1.82) is 0 Å². The van der Waals surface area contributed by atoms with Gasteiger partial charge in [-0.05, 0) is 40.2 Å². The molecule has 2 heterocycles. The molecule has 0 radical (unpaired) electrons. The van der Waals surface area contributed by atoms with E-state index in [-0.39, 0.29) is 0 Å². The number of nitrogens with zero attached hydrogens (tertiary/aromatic N) is 2. The number of anilines is 1. The van der Waals surface area contributed by atoms with Crippen molar-refractivity contribution in [2.24, 2.45) is 0 Å². The minimum absolute atomic E-state index is 0.846. The van der Waals surface area contributed by atoms with E-state index in [2.05, 4.69) is 37.9 Å². The van der Waals surface area contributed by atoms with Crippen LogP contribution in [0.25, 0.3) is 22.3 Å². The number of benzene rings is 1. The van der Waals surface area contributed by atoms with Gasteiger partial charge >= 0.3 is 0 Å². The fraction of sp³-hybridized carbons (Fsp3) is 0.133. The second-order valence-electron chi connectivity index (χ2n) is 4.55.